The van der Waals surface area contributed by atoms with Gasteiger partial charge in [-0.3, -0.25) is 9.89 Å². The van der Waals surface area contributed by atoms with Crippen molar-refractivity contribution in [3.05, 3.63) is 41.7 Å². The van der Waals surface area contributed by atoms with Gasteiger partial charge >= 0.3 is 0 Å². The van der Waals surface area contributed by atoms with E-state index in [4.69, 9.17) is 10.00 Å². The molecule has 0 unspecified atom stereocenters. The second-order valence-corrected chi connectivity index (χ2v) is 3.45. The van der Waals surface area contributed by atoms with E-state index in [1.807, 2.05) is 6.07 Å². The van der Waals surface area contributed by atoms with Gasteiger partial charge in [-0.25, -0.2) is 0 Å². The molecule has 0 aliphatic heterocycles. The zero-order valence-electron chi connectivity index (χ0n) is 9.60. The fourth-order valence-corrected chi connectivity index (χ4v) is 1.44. The Morgan fingerprint density at radius 3 is 2.94 bits per heavy atom. The van der Waals surface area contributed by atoms with Crippen LogP contribution < -0.4 is 10.1 Å². The second kappa shape index (κ2) is 5.01. The molecule has 0 saturated heterocycles. The lowest BCUT2D eigenvalue weighted by atomic mass is 10.2. The summed E-state index contributed by atoms with van der Waals surface area (Å²) in [5.74, 6) is 0.109. The summed E-state index contributed by atoms with van der Waals surface area (Å²) >= 11 is 0. The van der Waals surface area contributed by atoms with Gasteiger partial charge in [-0.2, -0.15) is 10.4 Å². The molecule has 6 nitrogen and oxygen atoms in total. The van der Waals surface area contributed by atoms with Gasteiger partial charge in [-0.15, -0.1) is 0 Å². The first-order valence-corrected chi connectivity index (χ1v) is 5.13. The minimum Gasteiger partial charge on any atom is -0.495 e. The number of amides is 1. The SMILES string of the molecule is COc1cc(C#N)ccc1NC(=O)c1ccn[nH]1. The Morgan fingerprint density at radius 1 is 1.50 bits per heavy atom. The molecular weight excluding hydrogens is 232 g/mol. The maximum absolute atomic E-state index is 11.8. The molecule has 1 amide bonds. The first-order valence-electron chi connectivity index (χ1n) is 5.13. The highest BCUT2D eigenvalue weighted by molar-refractivity contribution is 6.03. The van der Waals surface area contributed by atoms with Gasteiger partial charge < -0.3 is 10.1 Å². The number of nitriles is 1. The second-order valence-electron chi connectivity index (χ2n) is 3.45. The number of benzene rings is 1. The highest BCUT2D eigenvalue weighted by atomic mass is 16.5. The summed E-state index contributed by atoms with van der Waals surface area (Å²) < 4.78 is 5.11. The van der Waals surface area contributed by atoms with Crippen molar-refractivity contribution in [1.29, 1.82) is 5.26 Å². The third-order valence-corrected chi connectivity index (χ3v) is 2.32. The van der Waals surface area contributed by atoms with Crippen molar-refractivity contribution >= 4 is 11.6 Å². The molecule has 1 aromatic heterocycles. The number of anilines is 1. The van der Waals surface area contributed by atoms with Gasteiger partial charge in [-0.05, 0) is 18.2 Å². The van der Waals surface area contributed by atoms with Crippen LogP contribution in [0.3, 0.4) is 0 Å². The molecule has 0 spiro atoms. The van der Waals surface area contributed by atoms with Gasteiger partial charge in [0, 0.05) is 12.3 Å². The predicted octanol–water partition coefficient (Wildman–Crippen LogP) is 1.54. The topological polar surface area (TPSA) is 90.8 Å². The summed E-state index contributed by atoms with van der Waals surface area (Å²) in [6, 6.07) is 8.34. The van der Waals surface area contributed by atoms with E-state index in [1.165, 1.54) is 13.3 Å². The molecule has 1 heterocycles. The Labute approximate surface area is 103 Å². The number of nitrogens with one attached hydrogen (secondary N) is 2. The molecule has 2 aromatic rings. The summed E-state index contributed by atoms with van der Waals surface area (Å²) in [4.78, 5) is 11.8. The zero-order valence-corrected chi connectivity index (χ0v) is 9.60. The van der Waals surface area contributed by atoms with Gasteiger partial charge in [0.15, 0.2) is 0 Å². The molecule has 1 aromatic carbocycles. The van der Waals surface area contributed by atoms with Crippen LogP contribution in [-0.2, 0) is 0 Å². The molecular formula is C12H10N4O2. The number of aromatic nitrogens is 2. The van der Waals surface area contributed by atoms with Crippen molar-refractivity contribution in [2.45, 2.75) is 0 Å². The highest BCUT2D eigenvalue weighted by Crippen LogP contribution is 2.25. The Bertz CT molecular complexity index is 599. The maximum Gasteiger partial charge on any atom is 0.273 e. The van der Waals surface area contributed by atoms with E-state index in [9.17, 15) is 4.79 Å². The predicted molar refractivity (Wildman–Crippen MR) is 64.2 cm³/mol. The molecule has 90 valence electrons. The number of nitrogens with zero attached hydrogens (tertiary/aromatic N) is 2. The minimum atomic E-state index is -0.324. The van der Waals surface area contributed by atoms with E-state index in [2.05, 4.69) is 15.5 Å². The third-order valence-electron chi connectivity index (χ3n) is 2.32. The smallest absolute Gasteiger partial charge is 0.273 e. The molecule has 0 aliphatic rings. The normalized spacial score (nSPS) is 9.56. The summed E-state index contributed by atoms with van der Waals surface area (Å²) in [5.41, 5.74) is 1.31. The number of rotatable bonds is 3. The van der Waals surface area contributed by atoms with Crippen molar-refractivity contribution in [2.24, 2.45) is 0 Å². The van der Waals surface area contributed by atoms with Crippen molar-refractivity contribution in [2.75, 3.05) is 12.4 Å². The number of methoxy groups -OCH3 is 1. The Morgan fingerprint density at radius 2 is 2.33 bits per heavy atom. The van der Waals surface area contributed by atoms with Gasteiger partial charge in [0.1, 0.15) is 11.4 Å². The quantitative estimate of drug-likeness (QED) is 0.854. The van der Waals surface area contributed by atoms with Crippen molar-refractivity contribution in [1.82, 2.24) is 10.2 Å². The number of hydrogen-bond donors (Lipinski definition) is 2. The number of H-pyrrole nitrogens is 1. The van der Waals surface area contributed by atoms with Crippen molar-refractivity contribution in [3.63, 3.8) is 0 Å². The number of carbonyl (C=O) groups excluding carboxylic acids is 1. The summed E-state index contributed by atoms with van der Waals surface area (Å²) in [6.45, 7) is 0. The van der Waals surface area contributed by atoms with Crippen LogP contribution >= 0.6 is 0 Å². The fourth-order valence-electron chi connectivity index (χ4n) is 1.44. The molecule has 0 bridgehead atoms. The van der Waals surface area contributed by atoms with Crippen LogP contribution in [0.1, 0.15) is 16.1 Å². The number of ether oxygens (including phenoxy) is 1. The number of hydrogen-bond acceptors (Lipinski definition) is 4. The van der Waals surface area contributed by atoms with Crippen LogP contribution in [-0.4, -0.2) is 23.2 Å². The minimum absolute atomic E-state index is 0.324. The summed E-state index contributed by atoms with van der Waals surface area (Å²) in [7, 11) is 1.47. The average molecular weight is 242 g/mol. The maximum atomic E-state index is 11.8. The highest BCUT2D eigenvalue weighted by Gasteiger charge is 2.11. The first-order chi connectivity index (χ1) is 8.74. The van der Waals surface area contributed by atoms with Gasteiger partial charge in [0.2, 0.25) is 0 Å². The molecule has 0 radical (unpaired) electrons. The zero-order chi connectivity index (χ0) is 13.0. The van der Waals surface area contributed by atoms with E-state index in [0.717, 1.165) is 0 Å². The molecule has 0 atom stereocenters. The van der Waals surface area contributed by atoms with Crippen molar-refractivity contribution in [3.8, 4) is 11.8 Å². The van der Waals surface area contributed by atoms with Crippen LogP contribution in [0.15, 0.2) is 30.5 Å². The van der Waals surface area contributed by atoms with Gasteiger partial charge in [0.25, 0.3) is 5.91 Å². The molecule has 0 saturated carbocycles. The fraction of sp³-hybridized carbons (Fsp3) is 0.0833. The number of carbonyl (C=O) groups is 1. The standard InChI is InChI=1S/C12H10N4O2/c1-18-11-6-8(7-13)2-3-9(11)15-12(17)10-4-5-14-16-10/h2-6H,1H3,(H,14,16)(H,15,17). The van der Waals surface area contributed by atoms with Crippen LogP contribution in [0.4, 0.5) is 5.69 Å². The van der Waals surface area contributed by atoms with E-state index in [-0.39, 0.29) is 5.91 Å². The lowest BCUT2D eigenvalue weighted by Gasteiger charge is -2.09. The molecule has 18 heavy (non-hydrogen) atoms. The van der Waals surface area contributed by atoms with Crippen LogP contribution in [0, 0.1) is 11.3 Å². The van der Waals surface area contributed by atoms with E-state index >= 15 is 0 Å². The van der Waals surface area contributed by atoms with Crippen LogP contribution in [0.5, 0.6) is 5.75 Å². The Hall–Kier alpha value is -2.81. The van der Waals surface area contributed by atoms with E-state index in [0.29, 0.717) is 22.7 Å². The largest absolute Gasteiger partial charge is 0.495 e. The number of aromatic amines is 1. The lowest BCUT2D eigenvalue weighted by Crippen LogP contribution is -2.13. The van der Waals surface area contributed by atoms with Crippen LogP contribution in [0.2, 0.25) is 0 Å². The summed E-state index contributed by atoms with van der Waals surface area (Å²) in [5, 5.41) is 17.7. The van der Waals surface area contributed by atoms with E-state index < -0.39 is 0 Å². The molecule has 0 aliphatic carbocycles. The molecule has 0 fully saturated rings. The molecule has 6 heteroatoms. The molecule has 2 N–H and O–H groups in total. The van der Waals surface area contributed by atoms with Crippen molar-refractivity contribution < 1.29 is 9.53 Å². The third kappa shape index (κ3) is 2.30. The average Bonchev–Trinajstić information content (AvgIpc) is 2.93. The van der Waals surface area contributed by atoms with Crippen LogP contribution in [0.25, 0.3) is 0 Å². The van der Waals surface area contributed by atoms with E-state index in [1.54, 1.807) is 24.3 Å². The van der Waals surface area contributed by atoms with Gasteiger partial charge in [0.05, 0.1) is 24.4 Å². The first kappa shape index (κ1) is 11.7. The Kier molecular flexibility index (Phi) is 3.25. The molecule has 2 rings (SSSR count). The lowest BCUT2D eigenvalue weighted by molar-refractivity contribution is 0.102. The summed E-state index contributed by atoms with van der Waals surface area (Å²) in [6.07, 6.45) is 1.49. The Balaban J connectivity index is 2.24. The monoisotopic (exact) mass is 242 g/mol. The van der Waals surface area contributed by atoms with Gasteiger partial charge in [-0.1, -0.05) is 0 Å².